The first kappa shape index (κ1) is 12.4. The molecule has 2 rings (SSSR count). The topological polar surface area (TPSA) is 46.4 Å². The highest BCUT2D eigenvalue weighted by Gasteiger charge is 2.26. The monoisotopic (exact) mass is 257 g/mol. The minimum Gasteiger partial charge on any atom is -0.352 e. The highest BCUT2D eigenvalue weighted by Crippen LogP contribution is 2.18. The number of aromatic nitrogens is 2. The minimum atomic E-state index is -4.27. The Morgan fingerprint density at radius 3 is 2.94 bits per heavy atom. The van der Waals surface area contributed by atoms with Crippen LogP contribution in [0, 0.1) is 0 Å². The molecule has 96 valence electrons. The number of hydrogen-bond acceptors (Lipinski definition) is 2. The molecule has 2 aromatic heterocycles. The SMILES string of the molecule is O=C(NCCC(F)(F)F)c1cccn2cncc12. The molecule has 0 aliphatic carbocycles. The summed E-state index contributed by atoms with van der Waals surface area (Å²) in [5.41, 5.74) is 0.860. The lowest BCUT2D eigenvalue weighted by Crippen LogP contribution is -2.28. The average Bonchev–Trinajstić information content (AvgIpc) is 2.74. The lowest BCUT2D eigenvalue weighted by molar-refractivity contribution is -0.132. The molecule has 0 aromatic carbocycles. The van der Waals surface area contributed by atoms with Crippen molar-refractivity contribution in [1.29, 1.82) is 0 Å². The first-order valence-corrected chi connectivity index (χ1v) is 5.23. The summed E-state index contributed by atoms with van der Waals surface area (Å²) in [7, 11) is 0. The molecule has 1 N–H and O–H groups in total. The highest BCUT2D eigenvalue weighted by atomic mass is 19.4. The first-order valence-electron chi connectivity index (χ1n) is 5.23. The Bertz CT molecular complexity index is 562. The second-order valence-electron chi connectivity index (χ2n) is 3.73. The molecule has 0 atom stereocenters. The van der Waals surface area contributed by atoms with E-state index in [0.717, 1.165) is 0 Å². The van der Waals surface area contributed by atoms with Gasteiger partial charge in [0.1, 0.15) is 0 Å². The maximum atomic E-state index is 11.9. The molecule has 0 aliphatic rings. The van der Waals surface area contributed by atoms with Gasteiger partial charge in [0.25, 0.3) is 5.91 Å². The summed E-state index contributed by atoms with van der Waals surface area (Å²) >= 11 is 0. The summed E-state index contributed by atoms with van der Waals surface area (Å²) in [4.78, 5) is 15.6. The summed E-state index contributed by atoms with van der Waals surface area (Å²) in [5, 5.41) is 2.24. The molecule has 18 heavy (non-hydrogen) atoms. The van der Waals surface area contributed by atoms with Crippen molar-refractivity contribution in [1.82, 2.24) is 14.7 Å². The fraction of sp³-hybridized carbons (Fsp3) is 0.273. The van der Waals surface area contributed by atoms with Gasteiger partial charge >= 0.3 is 6.18 Å². The number of alkyl halides is 3. The van der Waals surface area contributed by atoms with Gasteiger partial charge in [0.15, 0.2) is 0 Å². The number of hydrogen-bond donors (Lipinski definition) is 1. The number of rotatable bonds is 3. The van der Waals surface area contributed by atoms with Crippen LogP contribution in [-0.2, 0) is 0 Å². The molecule has 0 bridgehead atoms. The third kappa shape index (κ3) is 2.79. The van der Waals surface area contributed by atoms with E-state index in [9.17, 15) is 18.0 Å². The van der Waals surface area contributed by atoms with Gasteiger partial charge in [-0.2, -0.15) is 13.2 Å². The van der Waals surface area contributed by atoms with Crippen molar-refractivity contribution in [2.24, 2.45) is 0 Å². The maximum absolute atomic E-state index is 11.9. The highest BCUT2D eigenvalue weighted by molar-refractivity contribution is 6.00. The molecule has 0 saturated carbocycles. The zero-order valence-electron chi connectivity index (χ0n) is 9.24. The van der Waals surface area contributed by atoms with Gasteiger partial charge in [-0.1, -0.05) is 0 Å². The predicted molar refractivity (Wildman–Crippen MR) is 58.2 cm³/mol. The van der Waals surface area contributed by atoms with Gasteiger partial charge in [-0.05, 0) is 12.1 Å². The van der Waals surface area contributed by atoms with Crippen molar-refractivity contribution in [3.63, 3.8) is 0 Å². The molecular formula is C11H10F3N3O. The van der Waals surface area contributed by atoms with Gasteiger partial charge in [-0.15, -0.1) is 0 Å². The number of fused-ring (bicyclic) bond motifs is 1. The van der Waals surface area contributed by atoms with Gasteiger partial charge in [0, 0.05) is 12.7 Å². The Morgan fingerprint density at radius 2 is 2.22 bits per heavy atom. The standard InChI is InChI=1S/C11H10F3N3O/c12-11(13,14)3-4-16-10(18)8-2-1-5-17-7-15-6-9(8)17/h1-2,5-7H,3-4H2,(H,16,18). The Morgan fingerprint density at radius 1 is 1.44 bits per heavy atom. The zero-order chi connectivity index (χ0) is 13.2. The van der Waals surface area contributed by atoms with Crippen molar-refractivity contribution in [3.05, 3.63) is 36.4 Å². The Labute approximate surface area is 100 Å². The lowest BCUT2D eigenvalue weighted by Gasteiger charge is -2.08. The summed E-state index contributed by atoms with van der Waals surface area (Å²) in [5.74, 6) is -0.537. The van der Waals surface area contributed by atoms with E-state index in [1.165, 1.54) is 12.5 Å². The van der Waals surface area contributed by atoms with Gasteiger partial charge < -0.3 is 9.72 Å². The zero-order valence-corrected chi connectivity index (χ0v) is 9.24. The smallest absolute Gasteiger partial charge is 0.352 e. The van der Waals surface area contributed by atoms with Crippen molar-refractivity contribution < 1.29 is 18.0 Å². The summed E-state index contributed by atoms with van der Waals surface area (Å²) in [6.45, 7) is -0.433. The van der Waals surface area contributed by atoms with E-state index < -0.39 is 25.0 Å². The number of amides is 1. The Hall–Kier alpha value is -2.05. The second-order valence-corrected chi connectivity index (χ2v) is 3.73. The lowest BCUT2D eigenvalue weighted by atomic mass is 10.2. The molecule has 0 unspecified atom stereocenters. The largest absolute Gasteiger partial charge is 0.390 e. The molecular weight excluding hydrogens is 247 g/mol. The average molecular weight is 257 g/mol. The van der Waals surface area contributed by atoms with Crippen LogP contribution in [0.2, 0.25) is 0 Å². The van der Waals surface area contributed by atoms with Crippen molar-refractivity contribution in [2.45, 2.75) is 12.6 Å². The van der Waals surface area contributed by atoms with E-state index >= 15 is 0 Å². The molecule has 2 heterocycles. The number of imidazole rings is 1. The third-order valence-electron chi connectivity index (χ3n) is 2.39. The Balaban J connectivity index is 2.07. The molecule has 2 aromatic rings. The molecule has 1 amide bonds. The summed E-state index contributed by atoms with van der Waals surface area (Å²) < 4.78 is 37.5. The molecule has 0 saturated heterocycles. The van der Waals surface area contributed by atoms with Crippen molar-refractivity contribution in [3.8, 4) is 0 Å². The van der Waals surface area contributed by atoms with E-state index in [0.29, 0.717) is 11.1 Å². The van der Waals surface area contributed by atoms with Crippen LogP contribution in [0.4, 0.5) is 13.2 Å². The van der Waals surface area contributed by atoms with Crippen LogP contribution in [0.15, 0.2) is 30.9 Å². The molecule has 0 aliphatic heterocycles. The van der Waals surface area contributed by atoms with Crippen LogP contribution in [0.3, 0.4) is 0 Å². The van der Waals surface area contributed by atoms with Crippen LogP contribution < -0.4 is 5.32 Å². The number of carbonyl (C=O) groups is 1. The molecule has 0 radical (unpaired) electrons. The summed E-state index contributed by atoms with van der Waals surface area (Å²) in [6.07, 6.45) is -0.605. The van der Waals surface area contributed by atoms with E-state index in [2.05, 4.69) is 10.3 Å². The van der Waals surface area contributed by atoms with Crippen LogP contribution >= 0.6 is 0 Å². The van der Waals surface area contributed by atoms with Crippen LogP contribution in [0.5, 0.6) is 0 Å². The maximum Gasteiger partial charge on any atom is 0.390 e. The van der Waals surface area contributed by atoms with Gasteiger partial charge in [-0.3, -0.25) is 4.79 Å². The number of halogens is 3. The molecule has 4 nitrogen and oxygen atoms in total. The summed E-state index contributed by atoms with van der Waals surface area (Å²) in [6, 6.07) is 3.17. The van der Waals surface area contributed by atoms with Gasteiger partial charge in [0.05, 0.1) is 30.0 Å². The fourth-order valence-corrected chi connectivity index (χ4v) is 1.55. The van der Waals surface area contributed by atoms with Crippen LogP contribution in [0.1, 0.15) is 16.8 Å². The van der Waals surface area contributed by atoms with Crippen LogP contribution in [0.25, 0.3) is 5.52 Å². The van der Waals surface area contributed by atoms with Crippen molar-refractivity contribution >= 4 is 11.4 Å². The van der Waals surface area contributed by atoms with E-state index in [1.807, 2.05) is 0 Å². The quantitative estimate of drug-likeness (QED) is 0.914. The van der Waals surface area contributed by atoms with E-state index in [-0.39, 0.29) is 0 Å². The normalized spacial score (nSPS) is 11.7. The molecule has 0 fully saturated rings. The molecule has 0 spiro atoms. The van der Waals surface area contributed by atoms with E-state index in [1.54, 1.807) is 22.7 Å². The number of pyridine rings is 1. The number of nitrogens with one attached hydrogen (secondary N) is 1. The van der Waals surface area contributed by atoms with Gasteiger partial charge in [0.2, 0.25) is 0 Å². The van der Waals surface area contributed by atoms with E-state index in [4.69, 9.17) is 0 Å². The second kappa shape index (κ2) is 4.67. The number of carbonyl (C=O) groups excluding carboxylic acids is 1. The van der Waals surface area contributed by atoms with Crippen LogP contribution in [-0.4, -0.2) is 28.0 Å². The van der Waals surface area contributed by atoms with Gasteiger partial charge in [-0.25, -0.2) is 4.98 Å². The fourth-order valence-electron chi connectivity index (χ4n) is 1.55. The Kier molecular flexibility index (Phi) is 3.22. The predicted octanol–water partition coefficient (Wildman–Crippen LogP) is 2.02. The molecule has 7 heteroatoms. The first-order chi connectivity index (χ1) is 8.47. The van der Waals surface area contributed by atoms with Crippen molar-refractivity contribution in [2.75, 3.05) is 6.54 Å². The third-order valence-corrected chi connectivity index (χ3v) is 2.39. The minimum absolute atomic E-state index is 0.303. The number of nitrogens with zero attached hydrogens (tertiary/aromatic N) is 2.